The van der Waals surface area contributed by atoms with Gasteiger partial charge in [0.2, 0.25) is 0 Å². The average Bonchev–Trinajstić information content (AvgIpc) is 2.60. The summed E-state index contributed by atoms with van der Waals surface area (Å²) < 4.78 is 0. The minimum Gasteiger partial charge on any atom is -0.261 e. The van der Waals surface area contributed by atoms with E-state index < -0.39 is 0 Å². The zero-order valence-electron chi connectivity index (χ0n) is 14.1. The molecule has 24 heavy (non-hydrogen) atoms. The van der Waals surface area contributed by atoms with Crippen molar-refractivity contribution in [1.82, 2.24) is 9.97 Å². The maximum Gasteiger partial charge on any atom is 0.161 e. The van der Waals surface area contributed by atoms with Crippen molar-refractivity contribution < 1.29 is 0 Å². The van der Waals surface area contributed by atoms with Gasteiger partial charge in [-0.15, -0.1) is 0 Å². The third kappa shape index (κ3) is 3.84. The minimum atomic E-state index is 0.688. The monoisotopic (exact) mass is 316 g/mol. The lowest BCUT2D eigenvalue weighted by atomic mass is 10.1. The number of hydrogen-bond donors (Lipinski definition) is 1. The van der Waals surface area contributed by atoms with Crippen molar-refractivity contribution in [2.45, 2.75) is 20.8 Å². The lowest BCUT2D eigenvalue weighted by molar-refractivity contribution is 1.09. The molecule has 0 saturated carbocycles. The molecule has 0 spiro atoms. The van der Waals surface area contributed by atoms with Crippen molar-refractivity contribution in [2.75, 3.05) is 5.43 Å². The summed E-state index contributed by atoms with van der Waals surface area (Å²) in [6, 6.07) is 20.1. The fourth-order valence-corrected chi connectivity index (χ4v) is 2.34. The standard InChI is InChI=1S/C20H20N4/c1-14-9-11-17(12-10-14)16(3)23-24-19-13-15(2)21-20(22-19)18-7-5-4-6-8-18/h4-13H,1-3H3,(H,21,22,24)/b23-16-. The summed E-state index contributed by atoms with van der Waals surface area (Å²) in [7, 11) is 0. The van der Waals surface area contributed by atoms with Gasteiger partial charge in [-0.1, -0.05) is 60.2 Å². The average molecular weight is 316 g/mol. The highest BCUT2D eigenvalue weighted by molar-refractivity contribution is 5.99. The van der Waals surface area contributed by atoms with E-state index in [0.29, 0.717) is 11.6 Å². The van der Waals surface area contributed by atoms with Gasteiger partial charge in [0, 0.05) is 17.3 Å². The molecule has 1 heterocycles. The van der Waals surface area contributed by atoms with Crippen LogP contribution in [0.3, 0.4) is 0 Å². The van der Waals surface area contributed by atoms with E-state index in [0.717, 1.165) is 22.5 Å². The van der Waals surface area contributed by atoms with E-state index in [1.807, 2.05) is 50.2 Å². The summed E-state index contributed by atoms with van der Waals surface area (Å²) in [6.07, 6.45) is 0. The number of hydrogen-bond acceptors (Lipinski definition) is 4. The zero-order chi connectivity index (χ0) is 16.9. The number of aromatic nitrogens is 2. The summed E-state index contributed by atoms with van der Waals surface area (Å²) in [6.45, 7) is 6.00. The van der Waals surface area contributed by atoms with Gasteiger partial charge in [0.25, 0.3) is 0 Å². The molecule has 120 valence electrons. The summed E-state index contributed by atoms with van der Waals surface area (Å²) in [5.41, 5.74) is 8.16. The minimum absolute atomic E-state index is 0.688. The Morgan fingerprint density at radius 1 is 0.917 bits per heavy atom. The van der Waals surface area contributed by atoms with E-state index in [1.165, 1.54) is 5.56 Å². The second-order valence-corrected chi connectivity index (χ2v) is 5.76. The van der Waals surface area contributed by atoms with Crippen LogP contribution in [0.15, 0.2) is 65.8 Å². The van der Waals surface area contributed by atoms with Gasteiger partial charge in [-0.2, -0.15) is 5.10 Å². The van der Waals surface area contributed by atoms with Gasteiger partial charge in [0.15, 0.2) is 11.6 Å². The molecule has 3 rings (SSSR count). The number of nitrogens with one attached hydrogen (secondary N) is 1. The Morgan fingerprint density at radius 2 is 1.62 bits per heavy atom. The molecule has 0 aliphatic carbocycles. The molecule has 4 heteroatoms. The number of rotatable bonds is 4. The summed E-state index contributed by atoms with van der Waals surface area (Å²) in [5.74, 6) is 1.38. The summed E-state index contributed by atoms with van der Waals surface area (Å²) in [5, 5.41) is 4.45. The molecule has 0 saturated heterocycles. The maximum absolute atomic E-state index is 4.55. The van der Waals surface area contributed by atoms with Crippen LogP contribution in [-0.4, -0.2) is 15.7 Å². The highest BCUT2D eigenvalue weighted by Crippen LogP contribution is 2.17. The fraction of sp³-hybridized carbons (Fsp3) is 0.150. The number of nitrogens with zero attached hydrogens (tertiary/aromatic N) is 3. The Labute approximate surface area is 142 Å². The molecule has 0 bridgehead atoms. The van der Waals surface area contributed by atoms with E-state index >= 15 is 0 Å². The van der Waals surface area contributed by atoms with Crippen LogP contribution in [0.1, 0.15) is 23.7 Å². The molecule has 4 nitrogen and oxygen atoms in total. The van der Waals surface area contributed by atoms with Crippen LogP contribution < -0.4 is 5.43 Å². The van der Waals surface area contributed by atoms with Crippen LogP contribution in [0.2, 0.25) is 0 Å². The summed E-state index contributed by atoms with van der Waals surface area (Å²) in [4.78, 5) is 9.05. The van der Waals surface area contributed by atoms with Crippen LogP contribution in [-0.2, 0) is 0 Å². The number of benzene rings is 2. The maximum atomic E-state index is 4.55. The van der Waals surface area contributed by atoms with E-state index in [4.69, 9.17) is 0 Å². The first kappa shape index (κ1) is 15.9. The molecule has 0 radical (unpaired) electrons. The molecule has 0 amide bonds. The first-order valence-electron chi connectivity index (χ1n) is 7.90. The first-order chi connectivity index (χ1) is 11.6. The molecule has 1 aromatic heterocycles. The predicted molar refractivity (Wildman–Crippen MR) is 99.2 cm³/mol. The number of hydrazone groups is 1. The van der Waals surface area contributed by atoms with Crippen molar-refractivity contribution >= 4 is 11.5 Å². The summed E-state index contributed by atoms with van der Waals surface area (Å²) >= 11 is 0. The Kier molecular flexibility index (Phi) is 4.66. The van der Waals surface area contributed by atoms with Gasteiger partial charge in [0.05, 0.1) is 5.71 Å². The van der Waals surface area contributed by atoms with Crippen LogP contribution in [0.5, 0.6) is 0 Å². The van der Waals surface area contributed by atoms with Crippen molar-refractivity contribution in [2.24, 2.45) is 5.10 Å². The van der Waals surface area contributed by atoms with Crippen molar-refractivity contribution in [1.29, 1.82) is 0 Å². The Hall–Kier alpha value is -3.01. The lowest BCUT2D eigenvalue weighted by Crippen LogP contribution is -2.03. The third-order valence-electron chi connectivity index (χ3n) is 3.69. The van der Waals surface area contributed by atoms with Gasteiger partial charge in [-0.25, -0.2) is 9.97 Å². The first-order valence-corrected chi connectivity index (χ1v) is 7.90. The molecule has 0 fully saturated rings. The second kappa shape index (κ2) is 7.04. The van der Waals surface area contributed by atoms with Crippen molar-refractivity contribution in [3.8, 4) is 11.4 Å². The smallest absolute Gasteiger partial charge is 0.161 e. The Bertz CT molecular complexity index is 853. The molecular weight excluding hydrogens is 296 g/mol. The molecule has 1 N–H and O–H groups in total. The Balaban J connectivity index is 1.84. The van der Waals surface area contributed by atoms with Gasteiger partial charge in [-0.3, -0.25) is 5.43 Å². The van der Waals surface area contributed by atoms with E-state index in [9.17, 15) is 0 Å². The second-order valence-electron chi connectivity index (χ2n) is 5.76. The molecule has 0 aliphatic heterocycles. The largest absolute Gasteiger partial charge is 0.261 e. The van der Waals surface area contributed by atoms with E-state index in [2.05, 4.69) is 51.7 Å². The fourth-order valence-electron chi connectivity index (χ4n) is 2.34. The van der Waals surface area contributed by atoms with Crippen LogP contribution in [0, 0.1) is 13.8 Å². The van der Waals surface area contributed by atoms with Gasteiger partial charge in [0.1, 0.15) is 0 Å². The highest BCUT2D eigenvalue weighted by Gasteiger charge is 2.04. The van der Waals surface area contributed by atoms with E-state index in [-0.39, 0.29) is 0 Å². The molecule has 0 atom stereocenters. The van der Waals surface area contributed by atoms with Gasteiger partial charge < -0.3 is 0 Å². The number of aryl methyl sites for hydroxylation is 2. The normalized spacial score (nSPS) is 11.4. The highest BCUT2D eigenvalue weighted by atomic mass is 15.3. The van der Waals surface area contributed by atoms with Gasteiger partial charge >= 0.3 is 0 Å². The van der Waals surface area contributed by atoms with Crippen molar-refractivity contribution in [3.05, 3.63) is 77.5 Å². The third-order valence-corrected chi connectivity index (χ3v) is 3.69. The topological polar surface area (TPSA) is 50.2 Å². The van der Waals surface area contributed by atoms with Crippen LogP contribution in [0.25, 0.3) is 11.4 Å². The molecule has 0 aliphatic rings. The van der Waals surface area contributed by atoms with Crippen molar-refractivity contribution in [3.63, 3.8) is 0 Å². The lowest BCUT2D eigenvalue weighted by Gasteiger charge is -2.07. The predicted octanol–water partition coefficient (Wildman–Crippen LogP) is 4.60. The molecular formula is C20H20N4. The molecule has 3 aromatic rings. The Morgan fingerprint density at radius 3 is 2.33 bits per heavy atom. The van der Waals surface area contributed by atoms with E-state index in [1.54, 1.807) is 0 Å². The molecule has 0 unspecified atom stereocenters. The quantitative estimate of drug-likeness (QED) is 0.565. The molecule has 2 aromatic carbocycles. The van der Waals surface area contributed by atoms with Crippen LogP contribution >= 0.6 is 0 Å². The zero-order valence-corrected chi connectivity index (χ0v) is 14.1. The van der Waals surface area contributed by atoms with Crippen LogP contribution in [0.4, 0.5) is 5.82 Å². The SMILES string of the molecule is C/C(=N/Nc1cc(C)nc(-c2ccccc2)n1)c1ccc(C)cc1. The van der Waals surface area contributed by atoms with Gasteiger partial charge in [-0.05, 0) is 26.3 Å². The number of anilines is 1.